The Morgan fingerprint density at radius 1 is 1.21 bits per heavy atom. The Balaban J connectivity index is 1.24. The topological polar surface area (TPSA) is 47.2 Å². The Bertz CT molecular complexity index is 684. The van der Waals surface area contributed by atoms with Crippen molar-refractivity contribution in [1.82, 2.24) is 5.32 Å². The minimum absolute atomic E-state index is 0.0628. The van der Waals surface area contributed by atoms with Crippen molar-refractivity contribution in [3.63, 3.8) is 0 Å². The van der Waals surface area contributed by atoms with Gasteiger partial charge in [0.2, 0.25) is 0 Å². The third kappa shape index (κ3) is 4.52. The second-order valence-corrected chi connectivity index (χ2v) is 9.22. The molecule has 3 aliphatic rings. The number of carbonyl (C=O) groups excluding carboxylic acids is 1. The van der Waals surface area contributed by atoms with Crippen LogP contribution >= 0.6 is 0 Å². The van der Waals surface area contributed by atoms with Gasteiger partial charge in [-0.2, -0.15) is 0 Å². The van der Waals surface area contributed by atoms with Crippen LogP contribution in [-0.4, -0.2) is 50.8 Å². The van der Waals surface area contributed by atoms with Gasteiger partial charge < -0.3 is 19.9 Å². The van der Waals surface area contributed by atoms with Crippen molar-refractivity contribution in [3.05, 3.63) is 29.3 Å². The lowest BCUT2D eigenvalue weighted by atomic mass is 9.86. The van der Waals surface area contributed by atoms with Gasteiger partial charge in [0.05, 0.1) is 6.61 Å². The van der Waals surface area contributed by atoms with Crippen molar-refractivity contribution in [1.29, 1.82) is 0 Å². The first-order chi connectivity index (χ1) is 13.6. The lowest BCUT2D eigenvalue weighted by Crippen LogP contribution is -3.29. The summed E-state index contributed by atoms with van der Waals surface area (Å²) >= 11 is 0. The molecule has 28 heavy (non-hydrogen) atoms. The highest BCUT2D eigenvalue weighted by Gasteiger charge is 2.33. The zero-order valence-corrected chi connectivity index (χ0v) is 17.6. The molecule has 154 valence electrons. The first kappa shape index (κ1) is 19.7. The summed E-state index contributed by atoms with van der Waals surface area (Å²) in [5, 5.41) is 3.36. The zero-order chi connectivity index (χ0) is 19.5. The fourth-order valence-corrected chi connectivity index (χ4v) is 5.20. The van der Waals surface area contributed by atoms with Crippen LogP contribution < -0.4 is 19.9 Å². The molecule has 2 aliphatic heterocycles. The molecule has 2 fully saturated rings. The molecule has 5 heteroatoms. The first-order valence-electron chi connectivity index (χ1n) is 11.3. The van der Waals surface area contributed by atoms with E-state index in [0.717, 1.165) is 57.9 Å². The smallest absolute Gasteiger partial charge is 0.278 e. The number of ether oxygens (including phenoxy) is 1. The van der Waals surface area contributed by atoms with Crippen LogP contribution in [0.25, 0.3) is 0 Å². The van der Waals surface area contributed by atoms with Gasteiger partial charge in [-0.3, -0.25) is 4.79 Å². The molecule has 1 saturated heterocycles. The number of quaternary nitrogens is 2. The SMILES string of the molecule is C[C@H](C(=O)N[C@H]1CCCC[C@@H]1C)[NH+]1CC[NH+](Cc2ccc3c(c2)CCO3)CC1. The van der Waals surface area contributed by atoms with Crippen molar-refractivity contribution in [2.75, 3.05) is 32.8 Å². The molecule has 0 spiro atoms. The summed E-state index contributed by atoms with van der Waals surface area (Å²) in [6.45, 7) is 10.8. The molecule has 0 radical (unpaired) electrons. The molecule has 1 saturated carbocycles. The molecule has 5 nitrogen and oxygen atoms in total. The molecule has 1 aliphatic carbocycles. The van der Waals surface area contributed by atoms with E-state index in [-0.39, 0.29) is 11.9 Å². The van der Waals surface area contributed by atoms with Crippen LogP contribution in [0.3, 0.4) is 0 Å². The second-order valence-electron chi connectivity index (χ2n) is 9.22. The van der Waals surface area contributed by atoms with E-state index >= 15 is 0 Å². The summed E-state index contributed by atoms with van der Waals surface area (Å²) in [6, 6.07) is 7.14. The Morgan fingerprint density at radius 2 is 2.00 bits per heavy atom. The molecular formula is C23H37N3O2+2. The Hall–Kier alpha value is -1.59. The second kappa shape index (κ2) is 8.83. The van der Waals surface area contributed by atoms with Crippen LogP contribution in [0, 0.1) is 5.92 Å². The summed E-state index contributed by atoms with van der Waals surface area (Å²) in [6.07, 6.45) is 6.02. The summed E-state index contributed by atoms with van der Waals surface area (Å²) in [5.74, 6) is 1.95. The predicted molar refractivity (Wildman–Crippen MR) is 110 cm³/mol. The molecule has 1 aromatic carbocycles. The number of amides is 1. The van der Waals surface area contributed by atoms with Crippen LogP contribution in [0.2, 0.25) is 0 Å². The Morgan fingerprint density at radius 3 is 2.79 bits per heavy atom. The minimum atomic E-state index is 0.0628. The maximum Gasteiger partial charge on any atom is 0.278 e. The Labute approximate surface area is 169 Å². The van der Waals surface area contributed by atoms with Gasteiger partial charge in [0.1, 0.15) is 38.5 Å². The number of piperazine rings is 1. The molecule has 1 aromatic rings. The van der Waals surface area contributed by atoms with E-state index in [4.69, 9.17) is 4.74 Å². The van der Waals surface area contributed by atoms with E-state index in [2.05, 4.69) is 37.4 Å². The third-order valence-electron chi connectivity index (χ3n) is 7.25. The van der Waals surface area contributed by atoms with E-state index in [1.165, 1.54) is 35.3 Å². The van der Waals surface area contributed by atoms with Gasteiger partial charge in [0.15, 0.2) is 6.04 Å². The number of hydrogen-bond acceptors (Lipinski definition) is 2. The molecule has 3 atom stereocenters. The molecule has 0 aromatic heterocycles. The molecule has 0 unspecified atom stereocenters. The maximum absolute atomic E-state index is 12.8. The molecule has 0 bridgehead atoms. The minimum Gasteiger partial charge on any atom is -0.493 e. The van der Waals surface area contributed by atoms with Crippen LogP contribution in [0.15, 0.2) is 18.2 Å². The van der Waals surface area contributed by atoms with E-state index < -0.39 is 0 Å². The normalized spacial score (nSPS) is 30.9. The number of carbonyl (C=O) groups is 1. The van der Waals surface area contributed by atoms with E-state index in [1.807, 2.05) is 0 Å². The van der Waals surface area contributed by atoms with Crippen LogP contribution in [-0.2, 0) is 17.8 Å². The van der Waals surface area contributed by atoms with E-state index in [9.17, 15) is 4.79 Å². The third-order valence-corrected chi connectivity index (χ3v) is 7.25. The van der Waals surface area contributed by atoms with Crippen LogP contribution in [0.4, 0.5) is 0 Å². The van der Waals surface area contributed by atoms with E-state index in [1.54, 1.807) is 4.90 Å². The van der Waals surface area contributed by atoms with Crippen molar-refractivity contribution in [2.45, 2.75) is 64.6 Å². The number of rotatable bonds is 5. The number of benzene rings is 1. The summed E-state index contributed by atoms with van der Waals surface area (Å²) in [7, 11) is 0. The standard InChI is InChI=1S/C23H35N3O2/c1-17-5-3-4-6-21(17)24-23(27)18(2)26-12-10-25(11-13-26)16-19-7-8-22-20(15-19)9-14-28-22/h7-8,15,17-18,21H,3-6,9-14,16H2,1-2H3,(H,24,27)/p+2/t17-,18+,21-/m0/s1. The van der Waals surface area contributed by atoms with Crippen molar-refractivity contribution in [3.8, 4) is 5.75 Å². The quantitative estimate of drug-likeness (QED) is 0.666. The van der Waals surface area contributed by atoms with Gasteiger partial charge >= 0.3 is 0 Å². The fraction of sp³-hybridized carbons (Fsp3) is 0.696. The molecule has 3 N–H and O–H groups in total. The first-order valence-corrected chi connectivity index (χ1v) is 11.3. The van der Waals surface area contributed by atoms with Gasteiger partial charge in [0.25, 0.3) is 5.91 Å². The van der Waals surface area contributed by atoms with Crippen molar-refractivity contribution >= 4 is 5.91 Å². The van der Waals surface area contributed by atoms with Crippen LogP contribution in [0.1, 0.15) is 50.7 Å². The largest absolute Gasteiger partial charge is 0.493 e. The summed E-state index contributed by atoms with van der Waals surface area (Å²) < 4.78 is 5.62. The average molecular weight is 388 g/mol. The monoisotopic (exact) mass is 387 g/mol. The summed E-state index contributed by atoms with van der Waals surface area (Å²) in [5.41, 5.74) is 2.78. The zero-order valence-electron chi connectivity index (χ0n) is 17.6. The van der Waals surface area contributed by atoms with Gasteiger partial charge in [-0.15, -0.1) is 0 Å². The maximum atomic E-state index is 12.8. The van der Waals surface area contributed by atoms with Crippen molar-refractivity contribution < 1.29 is 19.3 Å². The highest BCUT2D eigenvalue weighted by atomic mass is 16.5. The lowest BCUT2D eigenvalue weighted by molar-refractivity contribution is -1.02. The van der Waals surface area contributed by atoms with Gasteiger partial charge in [-0.25, -0.2) is 0 Å². The molecule has 1 amide bonds. The van der Waals surface area contributed by atoms with E-state index in [0.29, 0.717) is 12.0 Å². The Kier molecular flexibility index (Phi) is 6.22. The molecule has 2 heterocycles. The number of hydrogen-bond donors (Lipinski definition) is 3. The predicted octanol–water partition coefficient (Wildman–Crippen LogP) is -0.0117. The van der Waals surface area contributed by atoms with Gasteiger partial charge in [-0.1, -0.05) is 19.8 Å². The average Bonchev–Trinajstić information content (AvgIpc) is 3.17. The lowest BCUT2D eigenvalue weighted by Gasteiger charge is -2.35. The number of fused-ring (bicyclic) bond motifs is 1. The molecule has 4 rings (SSSR count). The van der Waals surface area contributed by atoms with Gasteiger partial charge in [0, 0.05) is 18.0 Å². The highest BCUT2D eigenvalue weighted by molar-refractivity contribution is 5.80. The highest BCUT2D eigenvalue weighted by Crippen LogP contribution is 2.25. The number of nitrogens with one attached hydrogen (secondary N) is 3. The fourth-order valence-electron chi connectivity index (χ4n) is 5.20. The van der Waals surface area contributed by atoms with Crippen molar-refractivity contribution in [2.24, 2.45) is 5.92 Å². The van der Waals surface area contributed by atoms with Gasteiger partial charge in [-0.05, 0) is 49.4 Å². The molecular weight excluding hydrogens is 350 g/mol. The summed E-state index contributed by atoms with van der Waals surface area (Å²) in [4.78, 5) is 15.9. The van der Waals surface area contributed by atoms with Crippen LogP contribution in [0.5, 0.6) is 5.75 Å².